The molecule has 0 aliphatic heterocycles. The fraction of sp³-hybridized carbons (Fsp3) is 0.370. The topological polar surface area (TPSA) is 61.9 Å². The third-order valence-electron chi connectivity index (χ3n) is 6.68. The highest BCUT2D eigenvalue weighted by Gasteiger charge is 2.32. The van der Waals surface area contributed by atoms with Crippen molar-refractivity contribution in [2.24, 2.45) is 5.92 Å². The molecule has 1 unspecified atom stereocenters. The summed E-state index contributed by atoms with van der Waals surface area (Å²) in [5.74, 6) is 0.0210. The van der Waals surface area contributed by atoms with Gasteiger partial charge in [-0.25, -0.2) is 19.2 Å². The average Bonchev–Trinajstić information content (AvgIpc) is 3.52. The van der Waals surface area contributed by atoms with Gasteiger partial charge in [-0.1, -0.05) is 19.9 Å². The minimum Gasteiger partial charge on any atom is -0.465 e. The van der Waals surface area contributed by atoms with E-state index in [1.165, 1.54) is 13.2 Å². The van der Waals surface area contributed by atoms with E-state index < -0.39 is 11.8 Å². The number of nitrogens with zero attached hydrogens (tertiary/aromatic N) is 4. The number of carbonyl (C=O) groups is 1. The highest BCUT2D eigenvalue weighted by molar-refractivity contribution is 5.95. The fourth-order valence-corrected chi connectivity index (χ4v) is 4.51. The summed E-state index contributed by atoms with van der Waals surface area (Å²) in [7, 11) is 1.29. The Morgan fingerprint density at radius 3 is 2.76 bits per heavy atom. The summed E-state index contributed by atoms with van der Waals surface area (Å²) in [6, 6.07) is 9.30. The van der Waals surface area contributed by atoms with Crippen LogP contribution in [0.15, 0.2) is 43.0 Å². The quantitative estimate of drug-likeness (QED) is 0.236. The minimum atomic E-state index is -0.577. The summed E-state index contributed by atoms with van der Waals surface area (Å²) in [6.07, 6.45) is 5.66. The van der Waals surface area contributed by atoms with Gasteiger partial charge in [-0.15, -0.1) is 6.58 Å². The predicted octanol–water partition coefficient (Wildman–Crippen LogP) is 6.09. The first-order valence-corrected chi connectivity index (χ1v) is 11.9. The number of halogens is 1. The van der Waals surface area contributed by atoms with Gasteiger partial charge in [0.25, 0.3) is 0 Å². The first-order valence-electron chi connectivity index (χ1n) is 11.9. The zero-order chi connectivity index (χ0) is 24.0. The second-order valence-electron chi connectivity index (χ2n) is 9.11. The third-order valence-corrected chi connectivity index (χ3v) is 6.68. The smallest absolute Gasteiger partial charge is 0.338 e. The number of aromatic nitrogens is 4. The Balaban J connectivity index is 1.75. The molecule has 5 rings (SSSR count). The van der Waals surface area contributed by atoms with E-state index in [4.69, 9.17) is 14.7 Å². The van der Waals surface area contributed by atoms with Crippen LogP contribution < -0.4 is 0 Å². The highest BCUT2D eigenvalue weighted by Crippen LogP contribution is 2.43. The van der Waals surface area contributed by atoms with E-state index in [2.05, 4.69) is 43.2 Å². The lowest BCUT2D eigenvalue weighted by atomic mass is 10.1. The summed E-state index contributed by atoms with van der Waals surface area (Å²) in [4.78, 5) is 21.9. The SMILES string of the molecule is C=CC(C)CCn1c(-c2nc3cc(C(=O)OC)cc(F)c3n2C2CC2)cc2ccc(CC)nc21. The maximum Gasteiger partial charge on any atom is 0.338 e. The average molecular weight is 461 g/mol. The standard InChI is InChI=1S/C27H29FN4O2/c1-5-16(3)11-12-31-23(15-17-7-8-19(6-2)29-25(17)31)26-30-22-14-18(27(33)34-4)13-21(28)24(22)32(26)20-9-10-20/h5,7-8,13-16,20H,1,6,9-12H2,2-4H3. The summed E-state index contributed by atoms with van der Waals surface area (Å²) >= 11 is 0. The van der Waals surface area contributed by atoms with Crippen molar-refractivity contribution in [1.29, 1.82) is 0 Å². The number of benzene rings is 1. The van der Waals surface area contributed by atoms with Crippen molar-refractivity contribution in [3.63, 3.8) is 0 Å². The molecule has 0 radical (unpaired) electrons. The Labute approximate surface area is 198 Å². The Kier molecular flexibility index (Phi) is 5.71. The molecule has 4 aromatic rings. The van der Waals surface area contributed by atoms with E-state index in [-0.39, 0.29) is 11.6 Å². The molecular weight excluding hydrogens is 431 g/mol. The fourth-order valence-electron chi connectivity index (χ4n) is 4.51. The monoisotopic (exact) mass is 460 g/mol. The molecule has 1 aliphatic rings. The lowest BCUT2D eigenvalue weighted by molar-refractivity contribution is 0.0600. The largest absolute Gasteiger partial charge is 0.465 e. The number of allylic oxidation sites excluding steroid dienone is 1. The number of carbonyl (C=O) groups excluding carboxylic acids is 1. The van der Waals surface area contributed by atoms with Crippen LogP contribution in [0.1, 0.15) is 55.2 Å². The van der Waals surface area contributed by atoms with E-state index in [9.17, 15) is 4.79 Å². The maximum atomic E-state index is 15.3. The highest BCUT2D eigenvalue weighted by atomic mass is 19.1. The van der Waals surface area contributed by atoms with Gasteiger partial charge in [0.05, 0.1) is 23.9 Å². The van der Waals surface area contributed by atoms with Crippen molar-refractivity contribution in [2.45, 2.75) is 52.1 Å². The molecule has 176 valence electrons. The Morgan fingerprint density at radius 1 is 1.29 bits per heavy atom. The summed E-state index contributed by atoms with van der Waals surface area (Å²) < 4.78 is 24.3. The lowest BCUT2D eigenvalue weighted by Gasteiger charge is -2.14. The number of methoxy groups -OCH3 is 1. The van der Waals surface area contributed by atoms with E-state index in [0.29, 0.717) is 22.8 Å². The van der Waals surface area contributed by atoms with E-state index in [1.54, 1.807) is 6.07 Å². The Bertz CT molecular complexity index is 1410. The molecule has 6 nitrogen and oxygen atoms in total. The van der Waals surface area contributed by atoms with Crippen LogP contribution in [-0.4, -0.2) is 32.2 Å². The van der Waals surface area contributed by atoms with Gasteiger partial charge in [-0.2, -0.15) is 0 Å². The number of pyridine rings is 1. The van der Waals surface area contributed by atoms with E-state index in [0.717, 1.165) is 54.6 Å². The van der Waals surface area contributed by atoms with Crippen LogP contribution in [0, 0.1) is 11.7 Å². The molecule has 1 aliphatic carbocycles. The Morgan fingerprint density at radius 2 is 2.09 bits per heavy atom. The van der Waals surface area contributed by atoms with Gasteiger partial charge in [0.2, 0.25) is 0 Å². The first-order chi connectivity index (χ1) is 16.4. The molecule has 1 fully saturated rings. The Hall–Kier alpha value is -3.48. The molecule has 0 saturated heterocycles. The number of imidazole rings is 1. The zero-order valence-corrected chi connectivity index (χ0v) is 19.8. The lowest BCUT2D eigenvalue weighted by Crippen LogP contribution is -2.08. The normalized spacial score (nSPS) is 14.6. The molecule has 3 aromatic heterocycles. The van der Waals surface area contributed by atoms with Crippen molar-refractivity contribution in [1.82, 2.24) is 19.1 Å². The molecule has 0 amide bonds. The van der Waals surface area contributed by atoms with Gasteiger partial charge in [0.15, 0.2) is 5.82 Å². The van der Waals surface area contributed by atoms with Crippen LogP contribution in [0.2, 0.25) is 0 Å². The summed E-state index contributed by atoms with van der Waals surface area (Å²) in [6.45, 7) is 8.91. The number of hydrogen-bond donors (Lipinski definition) is 0. The third kappa shape index (κ3) is 3.79. The van der Waals surface area contributed by atoms with Crippen molar-refractivity contribution in [3.8, 4) is 11.5 Å². The minimum absolute atomic E-state index is 0.161. The molecule has 1 atom stereocenters. The number of aryl methyl sites for hydroxylation is 2. The summed E-state index contributed by atoms with van der Waals surface area (Å²) in [5, 5.41) is 1.03. The molecule has 1 saturated carbocycles. The van der Waals surface area contributed by atoms with Gasteiger partial charge >= 0.3 is 5.97 Å². The van der Waals surface area contributed by atoms with Crippen molar-refractivity contribution < 1.29 is 13.9 Å². The van der Waals surface area contributed by atoms with Gasteiger partial charge in [-0.3, -0.25) is 0 Å². The number of ether oxygens (including phenoxy) is 1. The molecule has 0 spiro atoms. The second kappa shape index (κ2) is 8.70. The van der Waals surface area contributed by atoms with Crippen LogP contribution in [0.4, 0.5) is 4.39 Å². The van der Waals surface area contributed by atoms with Crippen LogP contribution in [0.25, 0.3) is 33.6 Å². The summed E-state index contributed by atoms with van der Waals surface area (Å²) in [5.41, 5.74) is 3.91. The molecule has 0 N–H and O–H groups in total. The van der Waals surface area contributed by atoms with Crippen LogP contribution in [0.3, 0.4) is 0 Å². The molecule has 34 heavy (non-hydrogen) atoms. The van der Waals surface area contributed by atoms with Gasteiger partial charge in [0, 0.05) is 23.7 Å². The van der Waals surface area contributed by atoms with Crippen molar-refractivity contribution in [3.05, 3.63) is 60.1 Å². The van der Waals surface area contributed by atoms with E-state index in [1.807, 2.05) is 10.6 Å². The number of esters is 1. The number of hydrogen-bond acceptors (Lipinski definition) is 4. The molecular formula is C27H29FN4O2. The van der Waals surface area contributed by atoms with Crippen LogP contribution in [0.5, 0.6) is 0 Å². The van der Waals surface area contributed by atoms with Crippen LogP contribution in [-0.2, 0) is 17.7 Å². The predicted molar refractivity (Wildman–Crippen MR) is 131 cm³/mol. The molecule has 7 heteroatoms. The molecule has 1 aromatic carbocycles. The first kappa shape index (κ1) is 22.3. The van der Waals surface area contributed by atoms with E-state index >= 15 is 4.39 Å². The maximum absolute atomic E-state index is 15.3. The van der Waals surface area contributed by atoms with Gasteiger partial charge < -0.3 is 13.9 Å². The second-order valence-corrected chi connectivity index (χ2v) is 9.11. The number of rotatable bonds is 8. The molecule has 0 bridgehead atoms. The van der Waals surface area contributed by atoms with Crippen molar-refractivity contribution in [2.75, 3.05) is 7.11 Å². The van der Waals surface area contributed by atoms with Gasteiger partial charge in [0.1, 0.15) is 17.0 Å². The molecule has 3 heterocycles. The zero-order valence-electron chi connectivity index (χ0n) is 19.8. The van der Waals surface area contributed by atoms with Gasteiger partial charge in [-0.05, 0) is 61.9 Å². The number of fused-ring (bicyclic) bond motifs is 2. The van der Waals surface area contributed by atoms with Crippen molar-refractivity contribution >= 4 is 28.0 Å². The van der Waals surface area contributed by atoms with Crippen LogP contribution >= 0.6 is 0 Å².